The SMILES string of the molecule is CC(=O)Nc1ccccc1CNc1ccccc1Oc1ccc(C)cc1. The van der Waals surface area contributed by atoms with Gasteiger partial charge in [-0.1, -0.05) is 48.0 Å². The van der Waals surface area contributed by atoms with Gasteiger partial charge in [0, 0.05) is 19.2 Å². The Bertz CT molecular complexity index is 889. The van der Waals surface area contributed by atoms with Crippen LogP contribution >= 0.6 is 0 Å². The van der Waals surface area contributed by atoms with Crippen LogP contribution in [-0.2, 0) is 11.3 Å². The number of carbonyl (C=O) groups excluding carboxylic acids is 1. The summed E-state index contributed by atoms with van der Waals surface area (Å²) < 4.78 is 6.02. The van der Waals surface area contributed by atoms with Crippen LogP contribution < -0.4 is 15.4 Å². The van der Waals surface area contributed by atoms with Crippen molar-refractivity contribution in [1.82, 2.24) is 0 Å². The van der Waals surface area contributed by atoms with Crippen molar-refractivity contribution in [2.45, 2.75) is 20.4 Å². The van der Waals surface area contributed by atoms with E-state index in [1.54, 1.807) is 0 Å². The van der Waals surface area contributed by atoms with Crippen LogP contribution in [0.2, 0.25) is 0 Å². The van der Waals surface area contributed by atoms with Crippen LogP contribution in [0, 0.1) is 6.92 Å². The Balaban J connectivity index is 1.75. The number of benzene rings is 3. The molecule has 3 aromatic carbocycles. The summed E-state index contributed by atoms with van der Waals surface area (Å²) in [6, 6.07) is 23.5. The summed E-state index contributed by atoms with van der Waals surface area (Å²) in [5.41, 5.74) is 3.90. The van der Waals surface area contributed by atoms with Gasteiger partial charge in [-0.2, -0.15) is 0 Å². The van der Waals surface area contributed by atoms with Crippen molar-refractivity contribution in [3.05, 3.63) is 83.9 Å². The standard InChI is InChI=1S/C22H22N2O2/c1-16-11-13-19(14-12-16)26-22-10-6-5-9-21(22)23-15-18-7-3-4-8-20(18)24-17(2)25/h3-14,23H,15H2,1-2H3,(H,24,25). The highest BCUT2D eigenvalue weighted by Gasteiger charge is 2.07. The Labute approximate surface area is 153 Å². The first-order valence-corrected chi connectivity index (χ1v) is 8.55. The summed E-state index contributed by atoms with van der Waals surface area (Å²) in [5.74, 6) is 1.47. The predicted octanol–water partition coefficient (Wildman–Crippen LogP) is 5.36. The van der Waals surface area contributed by atoms with Gasteiger partial charge in [0.25, 0.3) is 0 Å². The van der Waals surface area contributed by atoms with Gasteiger partial charge in [-0.3, -0.25) is 4.79 Å². The van der Waals surface area contributed by atoms with E-state index in [9.17, 15) is 4.79 Å². The molecule has 0 radical (unpaired) electrons. The number of carbonyl (C=O) groups is 1. The van der Waals surface area contributed by atoms with Gasteiger partial charge >= 0.3 is 0 Å². The highest BCUT2D eigenvalue weighted by Crippen LogP contribution is 2.30. The minimum atomic E-state index is -0.0828. The highest BCUT2D eigenvalue weighted by molar-refractivity contribution is 5.89. The number of ether oxygens (including phenoxy) is 1. The van der Waals surface area contributed by atoms with Crippen LogP contribution in [-0.4, -0.2) is 5.91 Å². The third-order valence-corrected chi connectivity index (χ3v) is 3.93. The van der Waals surface area contributed by atoms with Crippen LogP contribution in [0.25, 0.3) is 0 Å². The molecule has 0 saturated carbocycles. The Morgan fingerprint density at radius 3 is 2.27 bits per heavy atom. The maximum Gasteiger partial charge on any atom is 0.221 e. The van der Waals surface area contributed by atoms with E-state index in [0.717, 1.165) is 28.4 Å². The molecule has 26 heavy (non-hydrogen) atoms. The average molecular weight is 346 g/mol. The number of rotatable bonds is 6. The van der Waals surface area contributed by atoms with Gasteiger partial charge in [0.2, 0.25) is 5.91 Å². The zero-order valence-corrected chi connectivity index (χ0v) is 15.0. The zero-order valence-electron chi connectivity index (χ0n) is 15.0. The van der Waals surface area contributed by atoms with Gasteiger partial charge < -0.3 is 15.4 Å². The van der Waals surface area contributed by atoms with Crippen LogP contribution in [0.15, 0.2) is 72.8 Å². The second-order valence-corrected chi connectivity index (χ2v) is 6.10. The molecule has 0 saturated heterocycles. The number of nitrogens with one attached hydrogen (secondary N) is 2. The van der Waals surface area contributed by atoms with Crippen LogP contribution in [0.4, 0.5) is 11.4 Å². The lowest BCUT2D eigenvalue weighted by atomic mass is 10.1. The highest BCUT2D eigenvalue weighted by atomic mass is 16.5. The molecule has 0 atom stereocenters. The van der Waals surface area contributed by atoms with Crippen molar-refractivity contribution in [2.75, 3.05) is 10.6 Å². The van der Waals surface area contributed by atoms with Crippen molar-refractivity contribution in [1.29, 1.82) is 0 Å². The molecule has 0 unspecified atom stereocenters. The summed E-state index contributed by atoms with van der Waals surface area (Å²) in [6.07, 6.45) is 0. The molecular weight excluding hydrogens is 324 g/mol. The molecule has 0 spiro atoms. The van der Waals surface area contributed by atoms with E-state index in [1.165, 1.54) is 12.5 Å². The van der Waals surface area contributed by atoms with E-state index < -0.39 is 0 Å². The zero-order chi connectivity index (χ0) is 18.4. The first-order valence-electron chi connectivity index (χ1n) is 8.55. The Kier molecular flexibility index (Phi) is 5.54. The van der Waals surface area contributed by atoms with Crippen molar-refractivity contribution in [3.8, 4) is 11.5 Å². The molecule has 0 aliphatic rings. The fourth-order valence-corrected chi connectivity index (χ4v) is 2.61. The van der Waals surface area contributed by atoms with Crippen molar-refractivity contribution < 1.29 is 9.53 Å². The van der Waals surface area contributed by atoms with Gasteiger partial charge in [0.15, 0.2) is 5.75 Å². The minimum absolute atomic E-state index is 0.0828. The molecular formula is C22H22N2O2. The smallest absolute Gasteiger partial charge is 0.221 e. The molecule has 1 amide bonds. The van der Waals surface area contributed by atoms with E-state index in [1.807, 2.05) is 79.7 Å². The Morgan fingerprint density at radius 2 is 1.54 bits per heavy atom. The number of amides is 1. The molecule has 0 aliphatic carbocycles. The summed E-state index contributed by atoms with van der Waals surface area (Å²) in [4.78, 5) is 11.4. The van der Waals surface area contributed by atoms with Gasteiger partial charge in [-0.25, -0.2) is 0 Å². The summed E-state index contributed by atoms with van der Waals surface area (Å²) in [5, 5.41) is 6.26. The van der Waals surface area contributed by atoms with Gasteiger partial charge in [0.05, 0.1) is 5.69 Å². The predicted molar refractivity (Wildman–Crippen MR) is 106 cm³/mol. The molecule has 3 aromatic rings. The third kappa shape index (κ3) is 4.63. The third-order valence-electron chi connectivity index (χ3n) is 3.93. The quantitative estimate of drug-likeness (QED) is 0.632. The van der Waals surface area contributed by atoms with Gasteiger partial charge in [-0.05, 0) is 42.8 Å². The number of aryl methyl sites for hydroxylation is 1. The molecule has 0 heterocycles. The van der Waals surface area contributed by atoms with Crippen molar-refractivity contribution in [3.63, 3.8) is 0 Å². The number of para-hydroxylation sites is 3. The maximum atomic E-state index is 11.4. The largest absolute Gasteiger partial charge is 0.455 e. The van der Waals surface area contributed by atoms with E-state index in [4.69, 9.17) is 4.74 Å². The van der Waals surface area contributed by atoms with Gasteiger partial charge in [-0.15, -0.1) is 0 Å². The van der Waals surface area contributed by atoms with Gasteiger partial charge in [0.1, 0.15) is 5.75 Å². The first-order chi connectivity index (χ1) is 12.6. The average Bonchev–Trinajstić information content (AvgIpc) is 2.63. The van der Waals surface area contributed by atoms with Crippen molar-refractivity contribution >= 4 is 17.3 Å². The Hall–Kier alpha value is -3.27. The normalized spacial score (nSPS) is 10.2. The number of anilines is 2. The lowest BCUT2D eigenvalue weighted by Crippen LogP contribution is -2.10. The molecule has 0 aromatic heterocycles. The fourth-order valence-electron chi connectivity index (χ4n) is 2.61. The Morgan fingerprint density at radius 1 is 0.885 bits per heavy atom. The van der Waals surface area contributed by atoms with Crippen molar-refractivity contribution in [2.24, 2.45) is 0 Å². The second kappa shape index (κ2) is 8.21. The fraction of sp³-hybridized carbons (Fsp3) is 0.136. The molecule has 4 heteroatoms. The molecule has 0 aliphatic heterocycles. The molecule has 2 N–H and O–H groups in total. The molecule has 0 bridgehead atoms. The van der Waals surface area contributed by atoms with E-state index >= 15 is 0 Å². The molecule has 3 rings (SSSR count). The monoisotopic (exact) mass is 346 g/mol. The lowest BCUT2D eigenvalue weighted by Gasteiger charge is -2.15. The summed E-state index contributed by atoms with van der Waals surface area (Å²) in [7, 11) is 0. The minimum Gasteiger partial charge on any atom is -0.455 e. The van der Waals surface area contributed by atoms with E-state index in [2.05, 4.69) is 10.6 Å². The van der Waals surface area contributed by atoms with Crippen LogP contribution in [0.3, 0.4) is 0 Å². The molecule has 132 valence electrons. The first kappa shape index (κ1) is 17.5. The molecule has 0 fully saturated rings. The van der Waals surface area contributed by atoms with E-state index in [0.29, 0.717) is 6.54 Å². The number of hydrogen-bond donors (Lipinski definition) is 2. The summed E-state index contributed by atoms with van der Waals surface area (Å²) in [6.45, 7) is 4.13. The second-order valence-electron chi connectivity index (χ2n) is 6.10. The summed E-state index contributed by atoms with van der Waals surface area (Å²) >= 11 is 0. The van der Waals surface area contributed by atoms with Crippen LogP contribution in [0.1, 0.15) is 18.1 Å². The lowest BCUT2D eigenvalue weighted by molar-refractivity contribution is -0.114. The van der Waals surface area contributed by atoms with E-state index in [-0.39, 0.29) is 5.91 Å². The number of hydrogen-bond acceptors (Lipinski definition) is 3. The maximum absolute atomic E-state index is 11.4. The molecule has 4 nitrogen and oxygen atoms in total. The van der Waals surface area contributed by atoms with Crippen LogP contribution in [0.5, 0.6) is 11.5 Å². The topological polar surface area (TPSA) is 50.4 Å².